The third kappa shape index (κ3) is 5.60. The molecular formula is C21H22BrN3O2. The maximum atomic E-state index is 12.5. The van der Waals surface area contributed by atoms with Crippen LogP contribution in [0.1, 0.15) is 31.0 Å². The van der Waals surface area contributed by atoms with E-state index in [1.807, 2.05) is 69.3 Å². The van der Waals surface area contributed by atoms with E-state index < -0.39 is 5.91 Å². The molecule has 5 nitrogen and oxygen atoms in total. The van der Waals surface area contributed by atoms with Gasteiger partial charge in [0.2, 0.25) is 0 Å². The normalized spacial score (nSPS) is 12.0. The van der Waals surface area contributed by atoms with Gasteiger partial charge >= 0.3 is 0 Å². The molecule has 2 aromatic carbocycles. The second kappa shape index (κ2) is 9.79. The van der Waals surface area contributed by atoms with Crippen LogP contribution in [0, 0.1) is 18.3 Å². The quantitative estimate of drug-likeness (QED) is 0.488. The van der Waals surface area contributed by atoms with E-state index in [-0.39, 0.29) is 11.6 Å². The van der Waals surface area contributed by atoms with E-state index in [4.69, 9.17) is 4.74 Å². The largest absolute Gasteiger partial charge is 0.494 e. The van der Waals surface area contributed by atoms with Crippen LogP contribution in [0.4, 0.5) is 5.69 Å². The number of hydrogen-bond acceptors (Lipinski definition) is 4. The van der Waals surface area contributed by atoms with Crippen molar-refractivity contribution in [2.45, 2.75) is 26.8 Å². The van der Waals surface area contributed by atoms with Crippen molar-refractivity contribution in [3.05, 3.63) is 69.8 Å². The Morgan fingerprint density at radius 3 is 2.74 bits per heavy atom. The molecule has 1 unspecified atom stereocenters. The van der Waals surface area contributed by atoms with Crippen molar-refractivity contribution in [1.82, 2.24) is 5.32 Å². The Hall–Kier alpha value is -2.78. The highest BCUT2D eigenvalue weighted by Crippen LogP contribution is 2.27. The summed E-state index contributed by atoms with van der Waals surface area (Å²) in [6.45, 7) is 6.30. The molecule has 0 aliphatic rings. The highest BCUT2D eigenvalue weighted by Gasteiger charge is 2.17. The SMILES string of the molecule is CCOc1ccc(C)cc1C(C)NC(=O)/C(C#N)=C\Nc1ccccc1Br. The molecule has 0 heterocycles. The Bertz CT molecular complexity index is 887. The van der Waals surface area contributed by atoms with Crippen molar-refractivity contribution in [2.75, 3.05) is 11.9 Å². The van der Waals surface area contributed by atoms with Crippen molar-refractivity contribution in [3.8, 4) is 11.8 Å². The van der Waals surface area contributed by atoms with Gasteiger partial charge in [-0.25, -0.2) is 0 Å². The molecule has 0 aliphatic heterocycles. The molecule has 6 heteroatoms. The van der Waals surface area contributed by atoms with Gasteiger partial charge in [0.1, 0.15) is 17.4 Å². The number of halogens is 1. The molecule has 1 atom stereocenters. The van der Waals surface area contributed by atoms with Gasteiger partial charge in [0.05, 0.1) is 18.3 Å². The number of nitrogens with one attached hydrogen (secondary N) is 2. The predicted octanol–water partition coefficient (Wildman–Crippen LogP) is 4.85. The predicted molar refractivity (Wildman–Crippen MR) is 110 cm³/mol. The Morgan fingerprint density at radius 2 is 2.07 bits per heavy atom. The zero-order valence-corrected chi connectivity index (χ0v) is 17.1. The molecule has 2 aromatic rings. The molecule has 27 heavy (non-hydrogen) atoms. The van der Waals surface area contributed by atoms with Crippen LogP contribution in [0.15, 0.2) is 58.7 Å². The minimum atomic E-state index is -0.450. The van der Waals surface area contributed by atoms with Crippen molar-refractivity contribution >= 4 is 27.5 Å². The highest BCUT2D eigenvalue weighted by atomic mass is 79.9. The Labute approximate surface area is 168 Å². The van der Waals surface area contributed by atoms with Gasteiger partial charge in [0.15, 0.2) is 0 Å². The van der Waals surface area contributed by atoms with Gasteiger partial charge in [-0.3, -0.25) is 4.79 Å². The number of ether oxygens (including phenoxy) is 1. The fourth-order valence-electron chi connectivity index (χ4n) is 2.52. The average molecular weight is 428 g/mol. The number of carbonyl (C=O) groups excluding carboxylic acids is 1. The van der Waals surface area contributed by atoms with E-state index in [1.54, 1.807) is 0 Å². The number of benzene rings is 2. The molecule has 0 bridgehead atoms. The lowest BCUT2D eigenvalue weighted by atomic mass is 10.0. The van der Waals surface area contributed by atoms with Gasteiger partial charge < -0.3 is 15.4 Å². The molecule has 1 amide bonds. The minimum Gasteiger partial charge on any atom is -0.494 e. The van der Waals surface area contributed by atoms with Crippen LogP contribution in [0.3, 0.4) is 0 Å². The summed E-state index contributed by atoms with van der Waals surface area (Å²) in [6, 6.07) is 14.9. The zero-order valence-electron chi connectivity index (χ0n) is 15.5. The van der Waals surface area contributed by atoms with E-state index in [0.29, 0.717) is 6.61 Å². The summed E-state index contributed by atoms with van der Waals surface area (Å²) < 4.78 is 6.49. The van der Waals surface area contributed by atoms with E-state index in [9.17, 15) is 10.1 Å². The maximum absolute atomic E-state index is 12.5. The van der Waals surface area contributed by atoms with Crippen molar-refractivity contribution in [3.63, 3.8) is 0 Å². The van der Waals surface area contributed by atoms with Crippen LogP contribution in [0.2, 0.25) is 0 Å². The van der Waals surface area contributed by atoms with Crippen molar-refractivity contribution in [2.24, 2.45) is 0 Å². The molecule has 0 aromatic heterocycles. The van der Waals surface area contributed by atoms with Crippen LogP contribution < -0.4 is 15.4 Å². The molecule has 2 rings (SSSR count). The van der Waals surface area contributed by atoms with Gasteiger partial charge in [0, 0.05) is 16.2 Å². The molecule has 0 spiro atoms. The number of hydrogen-bond donors (Lipinski definition) is 2. The van der Waals surface area contributed by atoms with Crippen LogP contribution in [-0.2, 0) is 4.79 Å². The smallest absolute Gasteiger partial charge is 0.263 e. The van der Waals surface area contributed by atoms with Gasteiger partial charge in [-0.1, -0.05) is 29.8 Å². The molecule has 140 valence electrons. The van der Waals surface area contributed by atoms with Crippen molar-refractivity contribution < 1.29 is 9.53 Å². The summed E-state index contributed by atoms with van der Waals surface area (Å²) in [7, 11) is 0. The van der Waals surface area contributed by atoms with Crippen LogP contribution in [0.25, 0.3) is 0 Å². The number of nitrogens with zero attached hydrogens (tertiary/aromatic N) is 1. The average Bonchev–Trinajstić information content (AvgIpc) is 2.65. The Balaban J connectivity index is 2.15. The van der Waals surface area contributed by atoms with E-state index in [1.165, 1.54) is 6.20 Å². The standard InChI is InChI=1S/C21H22BrN3O2/c1-4-27-20-10-9-14(2)11-17(20)15(3)25-21(26)16(12-23)13-24-19-8-6-5-7-18(19)22/h5-11,13,15,24H,4H2,1-3H3,(H,25,26)/b16-13-. The van der Waals surface area contributed by atoms with Crippen LogP contribution in [0.5, 0.6) is 5.75 Å². The van der Waals surface area contributed by atoms with Crippen LogP contribution >= 0.6 is 15.9 Å². The fourth-order valence-corrected chi connectivity index (χ4v) is 2.92. The van der Waals surface area contributed by atoms with Gasteiger partial charge in [0.25, 0.3) is 5.91 Å². The molecule has 0 saturated carbocycles. The summed E-state index contributed by atoms with van der Waals surface area (Å²) in [6.07, 6.45) is 1.40. The zero-order chi connectivity index (χ0) is 19.8. The van der Waals surface area contributed by atoms with E-state index >= 15 is 0 Å². The van der Waals surface area contributed by atoms with E-state index in [0.717, 1.165) is 27.0 Å². The molecule has 2 N–H and O–H groups in total. The van der Waals surface area contributed by atoms with Crippen LogP contribution in [-0.4, -0.2) is 12.5 Å². The topological polar surface area (TPSA) is 74.1 Å². The Morgan fingerprint density at radius 1 is 1.33 bits per heavy atom. The molecule has 0 fully saturated rings. The first-order valence-corrected chi connectivity index (χ1v) is 9.41. The minimum absolute atomic E-state index is 0.0109. The monoisotopic (exact) mass is 427 g/mol. The number of aryl methyl sites for hydroxylation is 1. The fraction of sp³-hybridized carbons (Fsp3) is 0.238. The number of carbonyl (C=O) groups is 1. The third-order valence-electron chi connectivity index (χ3n) is 3.89. The lowest BCUT2D eigenvalue weighted by Gasteiger charge is -2.18. The van der Waals surface area contributed by atoms with Gasteiger partial charge in [-0.2, -0.15) is 5.26 Å². The van der Waals surface area contributed by atoms with Crippen molar-refractivity contribution in [1.29, 1.82) is 5.26 Å². The maximum Gasteiger partial charge on any atom is 0.263 e. The number of anilines is 1. The lowest BCUT2D eigenvalue weighted by Crippen LogP contribution is -2.28. The van der Waals surface area contributed by atoms with Gasteiger partial charge in [-0.05, 0) is 54.9 Å². The summed E-state index contributed by atoms with van der Waals surface area (Å²) in [5.74, 6) is 0.276. The number of amides is 1. The second-order valence-corrected chi connectivity index (χ2v) is 6.82. The second-order valence-electron chi connectivity index (χ2n) is 5.96. The molecular weight excluding hydrogens is 406 g/mol. The number of rotatable bonds is 7. The third-order valence-corrected chi connectivity index (χ3v) is 4.58. The molecule has 0 saturated heterocycles. The molecule has 0 radical (unpaired) electrons. The molecule has 0 aliphatic carbocycles. The summed E-state index contributed by atoms with van der Waals surface area (Å²) in [4.78, 5) is 12.5. The number of para-hydroxylation sites is 1. The first-order chi connectivity index (χ1) is 13.0. The number of nitriles is 1. The first-order valence-electron chi connectivity index (χ1n) is 8.61. The summed E-state index contributed by atoms with van der Waals surface area (Å²) in [5, 5.41) is 15.2. The lowest BCUT2D eigenvalue weighted by molar-refractivity contribution is -0.117. The first kappa shape index (κ1) is 20.5. The van der Waals surface area contributed by atoms with Gasteiger partial charge in [-0.15, -0.1) is 0 Å². The highest BCUT2D eigenvalue weighted by molar-refractivity contribution is 9.10. The Kier molecular flexibility index (Phi) is 7.44. The summed E-state index contributed by atoms with van der Waals surface area (Å²) >= 11 is 3.42. The summed E-state index contributed by atoms with van der Waals surface area (Å²) in [5.41, 5.74) is 2.70. The van der Waals surface area contributed by atoms with E-state index in [2.05, 4.69) is 26.6 Å².